The lowest BCUT2D eigenvalue weighted by molar-refractivity contribution is -0.117. The predicted molar refractivity (Wildman–Crippen MR) is 113 cm³/mol. The van der Waals surface area contributed by atoms with Gasteiger partial charge in [0.05, 0.1) is 6.61 Å². The number of nitrogens with zero attached hydrogens (tertiary/aromatic N) is 2. The van der Waals surface area contributed by atoms with E-state index in [-0.39, 0.29) is 36.8 Å². The first kappa shape index (κ1) is 22.5. The molecule has 2 aromatic rings. The molecule has 0 atom stereocenters. The molecule has 0 unspecified atom stereocenters. The minimum Gasteiger partial charge on any atom is -0.488 e. The van der Waals surface area contributed by atoms with Crippen molar-refractivity contribution in [1.82, 2.24) is 15.3 Å². The highest BCUT2D eigenvalue weighted by atomic mass is 19.1. The number of ether oxygens (including phenoxy) is 2. The summed E-state index contributed by atoms with van der Waals surface area (Å²) in [6.07, 6.45) is 4.79. The zero-order valence-corrected chi connectivity index (χ0v) is 17.9. The number of pyridine rings is 2. The fourth-order valence-corrected chi connectivity index (χ4v) is 2.67. The van der Waals surface area contributed by atoms with Crippen molar-refractivity contribution >= 4 is 17.6 Å². The first-order chi connectivity index (χ1) is 14.7. The van der Waals surface area contributed by atoms with Crippen molar-refractivity contribution in [3.05, 3.63) is 41.7 Å². The van der Waals surface area contributed by atoms with E-state index < -0.39 is 5.67 Å². The summed E-state index contributed by atoms with van der Waals surface area (Å²) in [7, 11) is 0. The van der Waals surface area contributed by atoms with Gasteiger partial charge in [-0.15, -0.1) is 0 Å². The minimum absolute atomic E-state index is 0.0502. The van der Waals surface area contributed by atoms with Gasteiger partial charge in [0.15, 0.2) is 5.75 Å². The lowest BCUT2D eigenvalue weighted by atomic mass is 10.2. The number of alkyl halides is 1. The average Bonchev–Trinajstić information content (AvgIpc) is 3.56. The van der Waals surface area contributed by atoms with Gasteiger partial charge in [-0.05, 0) is 57.4 Å². The number of halogens is 1. The maximum absolute atomic E-state index is 13.7. The van der Waals surface area contributed by atoms with E-state index >= 15 is 0 Å². The first-order valence-corrected chi connectivity index (χ1v) is 10.2. The van der Waals surface area contributed by atoms with Crippen molar-refractivity contribution in [1.29, 1.82) is 0 Å². The zero-order valence-electron chi connectivity index (χ0n) is 17.9. The monoisotopic (exact) mass is 430 g/mol. The minimum atomic E-state index is -1.50. The Hall–Kier alpha value is -3.23. The molecule has 0 aliphatic heterocycles. The molecular formula is C22H27FN4O4. The van der Waals surface area contributed by atoms with E-state index in [4.69, 9.17) is 9.47 Å². The van der Waals surface area contributed by atoms with Gasteiger partial charge in [-0.3, -0.25) is 9.59 Å². The van der Waals surface area contributed by atoms with E-state index in [1.165, 1.54) is 32.3 Å². The topological polar surface area (TPSA) is 102 Å². The second-order valence-electron chi connectivity index (χ2n) is 7.96. The second kappa shape index (κ2) is 9.72. The smallest absolute Gasteiger partial charge is 0.257 e. The first-order valence-electron chi connectivity index (χ1n) is 10.2. The Bertz CT molecular complexity index is 941. The third-order valence-corrected chi connectivity index (χ3v) is 4.40. The molecule has 166 valence electrons. The fourth-order valence-electron chi connectivity index (χ4n) is 2.67. The highest BCUT2D eigenvalue weighted by molar-refractivity contribution is 5.97. The van der Waals surface area contributed by atoms with Crippen molar-refractivity contribution < 1.29 is 23.5 Å². The molecule has 0 bridgehead atoms. The summed E-state index contributed by atoms with van der Waals surface area (Å²) in [5, 5.41) is 5.53. The number of rotatable bonds is 10. The van der Waals surface area contributed by atoms with Crippen LogP contribution < -0.4 is 20.1 Å². The molecule has 2 heterocycles. The lowest BCUT2D eigenvalue weighted by Gasteiger charge is -2.17. The maximum atomic E-state index is 13.7. The van der Waals surface area contributed by atoms with Gasteiger partial charge in [0.2, 0.25) is 5.91 Å². The molecule has 1 aliphatic rings. The van der Waals surface area contributed by atoms with Gasteiger partial charge in [-0.1, -0.05) is 0 Å². The van der Waals surface area contributed by atoms with Crippen LogP contribution >= 0.6 is 0 Å². The molecule has 0 spiro atoms. The summed E-state index contributed by atoms with van der Waals surface area (Å²) in [6, 6.07) is 4.81. The third-order valence-electron chi connectivity index (χ3n) is 4.40. The maximum Gasteiger partial charge on any atom is 0.257 e. The Balaban J connectivity index is 1.61. The van der Waals surface area contributed by atoms with Crippen LogP contribution in [0.25, 0.3) is 0 Å². The summed E-state index contributed by atoms with van der Waals surface area (Å²) in [5.41, 5.74) is -0.427. The molecule has 0 saturated heterocycles. The van der Waals surface area contributed by atoms with Gasteiger partial charge in [0.1, 0.15) is 18.1 Å². The molecule has 1 aliphatic carbocycles. The summed E-state index contributed by atoms with van der Waals surface area (Å²) in [4.78, 5) is 32.7. The van der Waals surface area contributed by atoms with Crippen LogP contribution in [0.2, 0.25) is 0 Å². The van der Waals surface area contributed by atoms with Crippen LogP contribution in [0.4, 0.5) is 10.2 Å². The number of aromatic nitrogens is 2. The van der Waals surface area contributed by atoms with Gasteiger partial charge in [-0.25, -0.2) is 14.4 Å². The van der Waals surface area contributed by atoms with Gasteiger partial charge in [0.25, 0.3) is 11.8 Å². The van der Waals surface area contributed by atoms with E-state index in [0.29, 0.717) is 29.3 Å². The molecule has 31 heavy (non-hydrogen) atoms. The third kappa shape index (κ3) is 6.91. The quantitative estimate of drug-likeness (QED) is 0.600. The standard InChI is InChI=1S/C22H27FN4O4/c1-4-30-17-9-14(12-26-21(17)31-13-22(2,3)23)11-25-19(28)16-7-8-24-18(10-16)27-20(29)15-5-6-15/h7-10,12,15H,4-6,11,13H2,1-3H3,(H,25,28)(H,24,27,29). The molecule has 2 amide bonds. The molecule has 0 radical (unpaired) electrons. The van der Waals surface area contributed by atoms with Gasteiger partial charge in [0, 0.05) is 30.4 Å². The Kier molecular flexibility index (Phi) is 7.04. The summed E-state index contributed by atoms with van der Waals surface area (Å²) in [6.45, 7) is 5.09. The van der Waals surface area contributed by atoms with Crippen LogP contribution in [-0.2, 0) is 11.3 Å². The van der Waals surface area contributed by atoms with Crippen LogP contribution in [-0.4, -0.2) is 40.7 Å². The molecular weight excluding hydrogens is 403 g/mol. The van der Waals surface area contributed by atoms with Crippen LogP contribution in [0.5, 0.6) is 11.6 Å². The van der Waals surface area contributed by atoms with Crippen LogP contribution in [0.1, 0.15) is 49.5 Å². The van der Waals surface area contributed by atoms with E-state index in [2.05, 4.69) is 20.6 Å². The van der Waals surface area contributed by atoms with Crippen LogP contribution in [0, 0.1) is 5.92 Å². The number of hydrogen-bond acceptors (Lipinski definition) is 6. The SMILES string of the molecule is CCOc1cc(CNC(=O)c2ccnc(NC(=O)C3CC3)c2)cnc1OCC(C)(C)F. The normalized spacial score (nSPS) is 13.4. The number of anilines is 1. The number of hydrogen-bond donors (Lipinski definition) is 2. The van der Waals surface area contributed by atoms with Crippen molar-refractivity contribution in [2.75, 3.05) is 18.5 Å². The molecule has 2 aromatic heterocycles. The second-order valence-corrected chi connectivity index (χ2v) is 7.96. The largest absolute Gasteiger partial charge is 0.488 e. The summed E-state index contributed by atoms with van der Waals surface area (Å²) < 4.78 is 24.7. The number of carbonyl (C=O) groups excluding carboxylic acids is 2. The number of nitrogens with one attached hydrogen (secondary N) is 2. The summed E-state index contributed by atoms with van der Waals surface area (Å²) in [5.74, 6) is 0.594. The van der Waals surface area contributed by atoms with Crippen molar-refractivity contribution in [3.8, 4) is 11.6 Å². The molecule has 1 fully saturated rings. The Labute approximate surface area is 180 Å². The molecule has 3 rings (SSSR count). The number of carbonyl (C=O) groups is 2. The predicted octanol–water partition coefficient (Wildman–Crippen LogP) is 3.28. The van der Waals surface area contributed by atoms with Gasteiger partial charge >= 0.3 is 0 Å². The fraction of sp³-hybridized carbons (Fsp3) is 0.455. The molecule has 0 aromatic carbocycles. The van der Waals surface area contributed by atoms with Crippen LogP contribution in [0.15, 0.2) is 30.6 Å². The molecule has 2 N–H and O–H groups in total. The van der Waals surface area contributed by atoms with E-state index in [0.717, 1.165) is 12.8 Å². The van der Waals surface area contributed by atoms with E-state index in [1.807, 2.05) is 6.92 Å². The van der Waals surface area contributed by atoms with E-state index in [9.17, 15) is 14.0 Å². The van der Waals surface area contributed by atoms with Crippen molar-refractivity contribution in [3.63, 3.8) is 0 Å². The number of amides is 2. The Morgan fingerprint density at radius 1 is 1.23 bits per heavy atom. The highest BCUT2D eigenvalue weighted by Crippen LogP contribution is 2.30. The molecule has 1 saturated carbocycles. The zero-order chi connectivity index (χ0) is 22.4. The van der Waals surface area contributed by atoms with E-state index in [1.54, 1.807) is 12.1 Å². The average molecular weight is 430 g/mol. The summed E-state index contributed by atoms with van der Waals surface area (Å²) >= 11 is 0. The van der Waals surface area contributed by atoms with Crippen molar-refractivity contribution in [2.45, 2.75) is 45.8 Å². The molecule has 9 heteroatoms. The Morgan fingerprint density at radius 3 is 2.68 bits per heavy atom. The van der Waals surface area contributed by atoms with Crippen molar-refractivity contribution in [2.24, 2.45) is 5.92 Å². The van der Waals surface area contributed by atoms with Gasteiger partial charge in [-0.2, -0.15) is 0 Å². The van der Waals surface area contributed by atoms with Gasteiger partial charge < -0.3 is 20.1 Å². The molecule has 8 nitrogen and oxygen atoms in total. The highest BCUT2D eigenvalue weighted by Gasteiger charge is 2.29. The Morgan fingerprint density at radius 2 is 2.00 bits per heavy atom. The lowest BCUT2D eigenvalue weighted by Crippen LogP contribution is -2.24. The van der Waals surface area contributed by atoms with Crippen LogP contribution in [0.3, 0.4) is 0 Å².